The molecule has 2 heteroatoms. The van der Waals surface area contributed by atoms with Gasteiger partial charge < -0.3 is 9.84 Å². The van der Waals surface area contributed by atoms with Gasteiger partial charge >= 0.3 is 0 Å². The summed E-state index contributed by atoms with van der Waals surface area (Å²) in [6, 6.07) is 0. The number of ether oxygens (including phenoxy) is 1. The maximum absolute atomic E-state index is 10.3. The van der Waals surface area contributed by atoms with Gasteiger partial charge in [0.2, 0.25) is 0 Å². The van der Waals surface area contributed by atoms with Crippen molar-refractivity contribution in [3.8, 4) is 11.5 Å². The van der Waals surface area contributed by atoms with Crippen LogP contribution in [0.5, 0.6) is 11.5 Å². The number of unbranched alkanes of at least 4 members (excludes halogenated alkanes) is 9. The molecule has 1 aliphatic heterocycles. The Balaban J connectivity index is 1.74. The zero-order valence-corrected chi connectivity index (χ0v) is 18.5. The van der Waals surface area contributed by atoms with Gasteiger partial charge in [0, 0.05) is 5.56 Å². The highest BCUT2D eigenvalue weighted by Crippen LogP contribution is 2.44. The molecule has 154 valence electrons. The molecular weight excluding hydrogens is 332 g/mol. The highest BCUT2D eigenvalue weighted by atomic mass is 16.5. The molecule has 0 radical (unpaired) electrons. The van der Waals surface area contributed by atoms with Crippen LogP contribution in [-0.2, 0) is 6.42 Å². The van der Waals surface area contributed by atoms with E-state index in [0.717, 1.165) is 41.7 Å². The zero-order valence-electron chi connectivity index (χ0n) is 18.5. The lowest BCUT2D eigenvalue weighted by Gasteiger charge is -2.38. The van der Waals surface area contributed by atoms with E-state index in [1.54, 1.807) is 0 Å². The van der Waals surface area contributed by atoms with Gasteiger partial charge in [-0.25, -0.2) is 0 Å². The lowest BCUT2D eigenvalue weighted by molar-refractivity contribution is 0.0521. The summed E-state index contributed by atoms with van der Waals surface area (Å²) in [6.07, 6.45) is 17.0. The lowest BCUT2D eigenvalue weighted by atomic mass is 9.84. The van der Waals surface area contributed by atoms with Crippen LogP contribution in [-0.4, -0.2) is 10.7 Å². The van der Waals surface area contributed by atoms with E-state index in [9.17, 15) is 5.11 Å². The molecule has 0 bridgehead atoms. The zero-order chi connectivity index (χ0) is 19.9. The first-order chi connectivity index (χ1) is 12.9. The van der Waals surface area contributed by atoms with E-state index >= 15 is 0 Å². The quantitative estimate of drug-likeness (QED) is 0.402. The first kappa shape index (κ1) is 22.1. The molecule has 0 saturated heterocycles. The molecule has 1 atom stereocenters. The van der Waals surface area contributed by atoms with Crippen molar-refractivity contribution in [1.29, 1.82) is 0 Å². The first-order valence-electron chi connectivity index (χ1n) is 11.4. The predicted molar refractivity (Wildman–Crippen MR) is 116 cm³/mol. The van der Waals surface area contributed by atoms with Gasteiger partial charge in [-0.15, -0.1) is 0 Å². The van der Waals surface area contributed by atoms with Crippen LogP contribution in [0.3, 0.4) is 0 Å². The third kappa shape index (κ3) is 5.90. The SMILES string of the molecule is CCCCCCCCCCCC[C@@]1(C)CCc2c(C)c(O)c(C)c(C)c2O1. The third-order valence-electron chi connectivity index (χ3n) is 6.65. The molecule has 0 amide bonds. The molecule has 0 saturated carbocycles. The average molecular weight is 375 g/mol. The normalized spacial score (nSPS) is 19.0. The van der Waals surface area contributed by atoms with Crippen LogP contribution in [0.1, 0.15) is 113 Å². The van der Waals surface area contributed by atoms with Crippen LogP contribution in [0.4, 0.5) is 0 Å². The molecule has 0 unspecified atom stereocenters. The molecule has 1 aliphatic rings. The molecule has 1 heterocycles. The van der Waals surface area contributed by atoms with Gasteiger partial charge in [0.1, 0.15) is 17.1 Å². The summed E-state index contributed by atoms with van der Waals surface area (Å²) in [6.45, 7) is 10.7. The summed E-state index contributed by atoms with van der Waals surface area (Å²) < 4.78 is 6.54. The van der Waals surface area contributed by atoms with Gasteiger partial charge in [0.25, 0.3) is 0 Å². The van der Waals surface area contributed by atoms with Gasteiger partial charge in [-0.05, 0) is 70.1 Å². The number of hydrogen-bond acceptors (Lipinski definition) is 2. The largest absolute Gasteiger partial charge is 0.507 e. The predicted octanol–water partition coefficient (Wildman–Crippen LogP) is 7.71. The van der Waals surface area contributed by atoms with E-state index in [1.807, 2.05) is 13.8 Å². The molecule has 1 aromatic carbocycles. The van der Waals surface area contributed by atoms with E-state index in [1.165, 1.54) is 69.8 Å². The van der Waals surface area contributed by atoms with Crippen LogP contribution < -0.4 is 4.74 Å². The maximum Gasteiger partial charge on any atom is 0.127 e. The summed E-state index contributed by atoms with van der Waals surface area (Å²) >= 11 is 0. The number of aromatic hydroxyl groups is 1. The molecule has 0 spiro atoms. The Hall–Kier alpha value is -1.18. The monoisotopic (exact) mass is 374 g/mol. The molecule has 27 heavy (non-hydrogen) atoms. The number of phenols is 1. The second-order valence-corrected chi connectivity index (χ2v) is 9.02. The van der Waals surface area contributed by atoms with Crippen LogP contribution in [0, 0.1) is 20.8 Å². The average Bonchev–Trinajstić information content (AvgIpc) is 2.66. The Morgan fingerprint density at radius 2 is 1.37 bits per heavy atom. The van der Waals surface area contributed by atoms with E-state index < -0.39 is 0 Å². The molecule has 2 nitrogen and oxygen atoms in total. The Kier molecular flexibility index (Phi) is 8.51. The third-order valence-corrected chi connectivity index (χ3v) is 6.65. The number of phenolic OH excluding ortho intramolecular Hbond substituents is 1. The van der Waals surface area contributed by atoms with Crippen LogP contribution in [0.2, 0.25) is 0 Å². The Bertz CT molecular complexity index is 605. The molecule has 2 rings (SSSR count). The Labute approximate surface area is 167 Å². The fourth-order valence-electron chi connectivity index (χ4n) is 4.46. The van der Waals surface area contributed by atoms with E-state index in [0.29, 0.717) is 5.75 Å². The smallest absolute Gasteiger partial charge is 0.127 e. The van der Waals surface area contributed by atoms with Crippen molar-refractivity contribution in [2.45, 2.75) is 124 Å². The number of benzene rings is 1. The van der Waals surface area contributed by atoms with Gasteiger partial charge in [0.05, 0.1) is 0 Å². The van der Waals surface area contributed by atoms with Crippen molar-refractivity contribution >= 4 is 0 Å². The van der Waals surface area contributed by atoms with Crippen molar-refractivity contribution in [3.63, 3.8) is 0 Å². The fourth-order valence-corrected chi connectivity index (χ4v) is 4.46. The van der Waals surface area contributed by atoms with Gasteiger partial charge in [-0.1, -0.05) is 64.7 Å². The topological polar surface area (TPSA) is 29.5 Å². The van der Waals surface area contributed by atoms with Gasteiger partial charge in [-0.2, -0.15) is 0 Å². The number of fused-ring (bicyclic) bond motifs is 1. The second kappa shape index (κ2) is 10.4. The molecule has 0 aromatic heterocycles. The number of rotatable bonds is 11. The van der Waals surface area contributed by atoms with Crippen LogP contribution in [0.25, 0.3) is 0 Å². The second-order valence-electron chi connectivity index (χ2n) is 9.02. The van der Waals surface area contributed by atoms with E-state index in [4.69, 9.17) is 4.74 Å². The summed E-state index contributed by atoms with van der Waals surface area (Å²) in [5, 5.41) is 10.3. The minimum Gasteiger partial charge on any atom is -0.507 e. The van der Waals surface area contributed by atoms with Gasteiger partial charge in [0.15, 0.2) is 0 Å². The summed E-state index contributed by atoms with van der Waals surface area (Å²) in [5.41, 5.74) is 4.26. The Morgan fingerprint density at radius 1 is 0.815 bits per heavy atom. The minimum atomic E-state index is -0.0479. The highest BCUT2D eigenvalue weighted by Gasteiger charge is 2.34. The molecule has 0 fully saturated rings. The van der Waals surface area contributed by atoms with E-state index in [2.05, 4.69) is 20.8 Å². The molecular formula is C25H42O2. The lowest BCUT2D eigenvalue weighted by Crippen LogP contribution is -2.37. The maximum atomic E-state index is 10.3. The molecule has 1 N–H and O–H groups in total. The molecule has 0 aliphatic carbocycles. The fraction of sp³-hybridized carbons (Fsp3) is 0.760. The summed E-state index contributed by atoms with van der Waals surface area (Å²) in [7, 11) is 0. The molecule has 1 aromatic rings. The Morgan fingerprint density at radius 3 is 1.96 bits per heavy atom. The van der Waals surface area contributed by atoms with Crippen LogP contribution >= 0.6 is 0 Å². The van der Waals surface area contributed by atoms with Crippen molar-refractivity contribution in [2.24, 2.45) is 0 Å². The summed E-state index contributed by atoms with van der Waals surface area (Å²) in [4.78, 5) is 0. The van der Waals surface area contributed by atoms with Crippen molar-refractivity contribution in [3.05, 3.63) is 22.3 Å². The van der Waals surface area contributed by atoms with Crippen molar-refractivity contribution < 1.29 is 9.84 Å². The minimum absolute atomic E-state index is 0.0479. The van der Waals surface area contributed by atoms with Crippen LogP contribution in [0.15, 0.2) is 0 Å². The first-order valence-corrected chi connectivity index (χ1v) is 11.4. The van der Waals surface area contributed by atoms with Crippen molar-refractivity contribution in [2.75, 3.05) is 0 Å². The number of hydrogen-bond donors (Lipinski definition) is 1. The van der Waals surface area contributed by atoms with Gasteiger partial charge in [-0.3, -0.25) is 0 Å². The van der Waals surface area contributed by atoms with Crippen molar-refractivity contribution in [1.82, 2.24) is 0 Å². The standard InChI is InChI=1S/C25H42O2/c1-6-7-8-9-10-11-12-13-14-15-17-25(5)18-16-22-21(4)23(26)19(2)20(3)24(22)27-25/h26H,6-18H2,1-5H3/t25-/m0/s1. The summed E-state index contributed by atoms with van der Waals surface area (Å²) in [5.74, 6) is 1.50. The highest BCUT2D eigenvalue weighted by molar-refractivity contribution is 5.58. The van der Waals surface area contributed by atoms with E-state index in [-0.39, 0.29) is 5.60 Å².